The molecule has 0 aliphatic carbocycles. The molecule has 16 heavy (non-hydrogen) atoms. The van der Waals surface area contributed by atoms with E-state index in [9.17, 15) is 0 Å². The zero-order valence-corrected chi connectivity index (χ0v) is 9.45. The highest BCUT2D eigenvalue weighted by atomic mass is 14.8. The Morgan fingerprint density at radius 1 is 1.00 bits per heavy atom. The van der Waals surface area contributed by atoms with Crippen LogP contribution in [0.25, 0.3) is 10.8 Å². The quantitative estimate of drug-likeness (QED) is 0.749. The Hall–Kier alpha value is -1.38. The lowest BCUT2D eigenvalue weighted by molar-refractivity contribution is 0.657. The van der Waals surface area contributed by atoms with Crippen molar-refractivity contribution in [1.82, 2.24) is 5.32 Å². The van der Waals surface area contributed by atoms with Crippen LogP contribution in [0.3, 0.4) is 0 Å². The van der Waals surface area contributed by atoms with E-state index in [-0.39, 0.29) is 0 Å². The highest BCUT2D eigenvalue weighted by molar-refractivity contribution is 5.85. The molecule has 3 N–H and O–H groups in total. The molecule has 0 aromatic heterocycles. The van der Waals surface area contributed by atoms with E-state index in [4.69, 9.17) is 5.73 Å². The van der Waals surface area contributed by atoms with Gasteiger partial charge < -0.3 is 11.1 Å². The van der Waals surface area contributed by atoms with Crippen molar-refractivity contribution in [1.29, 1.82) is 0 Å². The maximum Gasteiger partial charge on any atom is 0.0211 e. The van der Waals surface area contributed by atoms with Crippen molar-refractivity contribution in [2.45, 2.75) is 13.0 Å². The second-order valence-corrected chi connectivity index (χ2v) is 3.96. The monoisotopic (exact) mass is 214 g/mol. The Morgan fingerprint density at radius 3 is 2.69 bits per heavy atom. The summed E-state index contributed by atoms with van der Waals surface area (Å²) in [5, 5.41) is 6.06. The van der Waals surface area contributed by atoms with Crippen LogP contribution >= 0.6 is 0 Å². The zero-order chi connectivity index (χ0) is 11.2. The number of hydrogen-bond donors (Lipinski definition) is 2. The normalized spacial score (nSPS) is 10.8. The first-order chi connectivity index (χ1) is 7.92. The van der Waals surface area contributed by atoms with Crippen molar-refractivity contribution in [2.24, 2.45) is 5.73 Å². The molecule has 0 heterocycles. The molecule has 0 unspecified atom stereocenters. The van der Waals surface area contributed by atoms with Gasteiger partial charge in [0.2, 0.25) is 0 Å². The van der Waals surface area contributed by atoms with Crippen LogP contribution in [0, 0.1) is 0 Å². The minimum absolute atomic E-state index is 0.753. The van der Waals surface area contributed by atoms with Gasteiger partial charge >= 0.3 is 0 Å². The maximum atomic E-state index is 5.46. The van der Waals surface area contributed by atoms with Gasteiger partial charge in [0.25, 0.3) is 0 Å². The molecular formula is C14H18N2. The van der Waals surface area contributed by atoms with Crippen LogP contribution in [0.2, 0.25) is 0 Å². The number of hydrogen-bond acceptors (Lipinski definition) is 2. The molecule has 2 aromatic carbocycles. The van der Waals surface area contributed by atoms with Gasteiger partial charge in [-0.25, -0.2) is 0 Å². The predicted octanol–water partition coefficient (Wildman–Crippen LogP) is 2.28. The van der Waals surface area contributed by atoms with E-state index in [1.54, 1.807) is 0 Å². The molecule has 0 bridgehead atoms. The van der Waals surface area contributed by atoms with Crippen molar-refractivity contribution >= 4 is 10.8 Å². The van der Waals surface area contributed by atoms with E-state index < -0.39 is 0 Å². The van der Waals surface area contributed by atoms with Crippen LogP contribution in [0.15, 0.2) is 42.5 Å². The van der Waals surface area contributed by atoms with Crippen LogP contribution in [0.4, 0.5) is 0 Å². The van der Waals surface area contributed by atoms with E-state index in [0.717, 1.165) is 26.1 Å². The van der Waals surface area contributed by atoms with Crippen LogP contribution in [-0.2, 0) is 6.54 Å². The number of rotatable bonds is 5. The van der Waals surface area contributed by atoms with E-state index in [0.29, 0.717) is 0 Å². The van der Waals surface area contributed by atoms with Gasteiger partial charge in [0.05, 0.1) is 0 Å². The number of nitrogens with two attached hydrogens (primary N) is 1. The summed E-state index contributed by atoms with van der Waals surface area (Å²) in [7, 11) is 0. The Morgan fingerprint density at radius 2 is 1.81 bits per heavy atom. The van der Waals surface area contributed by atoms with Gasteiger partial charge in [-0.05, 0) is 35.8 Å². The molecule has 2 rings (SSSR count). The molecule has 0 saturated carbocycles. The van der Waals surface area contributed by atoms with Crippen LogP contribution in [0.1, 0.15) is 12.0 Å². The summed E-state index contributed by atoms with van der Waals surface area (Å²) in [4.78, 5) is 0. The summed E-state index contributed by atoms with van der Waals surface area (Å²) in [5.41, 5.74) is 6.82. The third kappa shape index (κ3) is 2.60. The molecule has 84 valence electrons. The summed E-state index contributed by atoms with van der Waals surface area (Å²) < 4.78 is 0. The van der Waals surface area contributed by atoms with E-state index in [1.165, 1.54) is 16.3 Å². The van der Waals surface area contributed by atoms with Gasteiger partial charge in [-0.2, -0.15) is 0 Å². The van der Waals surface area contributed by atoms with Crippen LogP contribution in [0.5, 0.6) is 0 Å². The Balaban J connectivity index is 2.11. The van der Waals surface area contributed by atoms with Gasteiger partial charge in [0, 0.05) is 6.54 Å². The van der Waals surface area contributed by atoms with Gasteiger partial charge in [0.1, 0.15) is 0 Å². The molecule has 0 fully saturated rings. The molecule has 0 amide bonds. The maximum absolute atomic E-state index is 5.46. The Bertz CT molecular complexity index is 446. The molecular weight excluding hydrogens is 196 g/mol. The van der Waals surface area contributed by atoms with Gasteiger partial charge in [0.15, 0.2) is 0 Å². The first-order valence-corrected chi connectivity index (χ1v) is 5.79. The first-order valence-electron chi connectivity index (χ1n) is 5.79. The van der Waals surface area contributed by atoms with Gasteiger partial charge in [-0.15, -0.1) is 0 Å². The molecule has 2 aromatic rings. The summed E-state index contributed by atoms with van der Waals surface area (Å²) in [5.74, 6) is 0. The lowest BCUT2D eigenvalue weighted by Gasteiger charge is -2.07. The standard InChI is InChI=1S/C14H18N2/c15-9-4-10-16-11-13-7-3-6-12-5-1-2-8-14(12)13/h1-3,5-8,16H,4,9-11,15H2. The lowest BCUT2D eigenvalue weighted by atomic mass is 10.0. The highest BCUT2D eigenvalue weighted by Crippen LogP contribution is 2.17. The molecule has 2 heteroatoms. The largest absolute Gasteiger partial charge is 0.330 e. The molecule has 0 aliphatic heterocycles. The Labute approximate surface area is 96.5 Å². The van der Waals surface area contributed by atoms with Crippen LogP contribution < -0.4 is 11.1 Å². The fraction of sp³-hybridized carbons (Fsp3) is 0.286. The van der Waals surface area contributed by atoms with Crippen molar-refractivity contribution in [3.8, 4) is 0 Å². The van der Waals surface area contributed by atoms with E-state index >= 15 is 0 Å². The summed E-state index contributed by atoms with van der Waals surface area (Å²) >= 11 is 0. The molecule has 2 nitrogen and oxygen atoms in total. The minimum atomic E-state index is 0.753. The second-order valence-electron chi connectivity index (χ2n) is 3.96. The van der Waals surface area contributed by atoms with Gasteiger partial charge in [-0.1, -0.05) is 42.5 Å². The highest BCUT2D eigenvalue weighted by Gasteiger charge is 1.98. The van der Waals surface area contributed by atoms with Crippen molar-refractivity contribution < 1.29 is 0 Å². The van der Waals surface area contributed by atoms with Gasteiger partial charge in [-0.3, -0.25) is 0 Å². The number of benzene rings is 2. The average Bonchev–Trinajstić information content (AvgIpc) is 2.35. The zero-order valence-electron chi connectivity index (χ0n) is 9.45. The minimum Gasteiger partial charge on any atom is -0.330 e. The van der Waals surface area contributed by atoms with Crippen molar-refractivity contribution in [2.75, 3.05) is 13.1 Å². The summed E-state index contributed by atoms with van der Waals surface area (Å²) in [6.45, 7) is 2.66. The number of nitrogens with one attached hydrogen (secondary N) is 1. The molecule has 0 radical (unpaired) electrons. The lowest BCUT2D eigenvalue weighted by Crippen LogP contribution is -2.17. The molecule has 0 spiro atoms. The van der Waals surface area contributed by atoms with E-state index in [1.807, 2.05) is 0 Å². The summed E-state index contributed by atoms with van der Waals surface area (Å²) in [6.07, 6.45) is 1.03. The Kier molecular flexibility index (Phi) is 3.91. The first kappa shape index (κ1) is 11.1. The fourth-order valence-electron chi connectivity index (χ4n) is 1.90. The van der Waals surface area contributed by atoms with Crippen LogP contribution in [-0.4, -0.2) is 13.1 Å². The second kappa shape index (κ2) is 5.64. The number of fused-ring (bicyclic) bond motifs is 1. The fourth-order valence-corrected chi connectivity index (χ4v) is 1.90. The topological polar surface area (TPSA) is 38.0 Å². The third-order valence-electron chi connectivity index (χ3n) is 2.75. The predicted molar refractivity (Wildman–Crippen MR) is 69.3 cm³/mol. The van der Waals surface area contributed by atoms with E-state index in [2.05, 4.69) is 47.8 Å². The van der Waals surface area contributed by atoms with Crippen molar-refractivity contribution in [3.63, 3.8) is 0 Å². The molecule has 0 saturated heterocycles. The molecule has 0 aliphatic rings. The third-order valence-corrected chi connectivity index (χ3v) is 2.75. The SMILES string of the molecule is NCCCNCc1cccc2ccccc12. The van der Waals surface area contributed by atoms with Crippen molar-refractivity contribution in [3.05, 3.63) is 48.0 Å². The average molecular weight is 214 g/mol. The molecule has 0 atom stereocenters. The summed E-state index contributed by atoms with van der Waals surface area (Å²) in [6, 6.07) is 14.9. The smallest absolute Gasteiger partial charge is 0.0211 e.